The molecule has 0 radical (unpaired) electrons. The van der Waals surface area contributed by atoms with E-state index in [2.05, 4.69) is 0 Å². The van der Waals surface area contributed by atoms with Crippen molar-refractivity contribution in [2.24, 2.45) is 0 Å². The van der Waals surface area contributed by atoms with Gasteiger partial charge in [0.25, 0.3) is 10.1 Å². The number of carbonyl (C=O) groups is 2. The molecule has 0 aliphatic carbocycles. The topological polar surface area (TPSA) is 129 Å². The molecular formula is C10H11KO7S. The standard InChI is InChI=1S/C10H10O7S.K.H/c1-4-6(9(11)12)3-7(18(15,16)17)5(2)8(4)10(13)14;;/h3H,1-2H3,(H,11,12)(H,13,14)(H,15,16,17);;. The van der Waals surface area contributed by atoms with Crippen molar-refractivity contribution in [1.29, 1.82) is 0 Å². The molecule has 0 heterocycles. The maximum absolute atomic E-state index is 11.1. The van der Waals surface area contributed by atoms with Crippen LogP contribution in [-0.4, -0.2) is 86.5 Å². The second-order valence-corrected chi connectivity index (χ2v) is 5.02. The second kappa shape index (κ2) is 6.44. The number of aromatic carboxylic acids is 2. The van der Waals surface area contributed by atoms with Crippen LogP contribution in [0.4, 0.5) is 0 Å². The monoisotopic (exact) mass is 314 g/mol. The third-order valence-corrected chi connectivity index (χ3v) is 3.50. The minimum atomic E-state index is -4.69. The van der Waals surface area contributed by atoms with Gasteiger partial charge < -0.3 is 10.2 Å². The van der Waals surface area contributed by atoms with Gasteiger partial charge in [-0.05, 0) is 31.0 Å². The van der Waals surface area contributed by atoms with Crippen LogP contribution >= 0.6 is 0 Å². The molecule has 0 spiro atoms. The Morgan fingerprint density at radius 1 is 1.05 bits per heavy atom. The van der Waals surface area contributed by atoms with Gasteiger partial charge in [0, 0.05) is 0 Å². The zero-order valence-electron chi connectivity index (χ0n) is 9.46. The van der Waals surface area contributed by atoms with E-state index in [1.165, 1.54) is 13.8 Å². The van der Waals surface area contributed by atoms with Crippen LogP contribution in [0, 0.1) is 13.8 Å². The molecule has 1 aromatic carbocycles. The van der Waals surface area contributed by atoms with Gasteiger partial charge in [-0.3, -0.25) is 4.55 Å². The summed E-state index contributed by atoms with van der Waals surface area (Å²) < 4.78 is 31.1. The van der Waals surface area contributed by atoms with E-state index in [4.69, 9.17) is 14.8 Å². The normalized spacial score (nSPS) is 10.7. The first kappa shape index (κ1) is 18.7. The van der Waals surface area contributed by atoms with Crippen molar-refractivity contribution in [2.45, 2.75) is 18.7 Å². The molecule has 0 bridgehead atoms. The zero-order valence-corrected chi connectivity index (χ0v) is 10.3. The summed E-state index contributed by atoms with van der Waals surface area (Å²) >= 11 is 0. The predicted octanol–water partition coefficient (Wildman–Crippen LogP) is 0.298. The molecule has 19 heavy (non-hydrogen) atoms. The molecule has 7 nitrogen and oxygen atoms in total. The van der Waals surface area contributed by atoms with Crippen LogP contribution in [0.1, 0.15) is 31.8 Å². The molecule has 0 atom stereocenters. The van der Waals surface area contributed by atoms with Gasteiger partial charge in [0.15, 0.2) is 0 Å². The molecule has 0 unspecified atom stereocenters. The molecule has 0 amide bonds. The van der Waals surface area contributed by atoms with E-state index in [0.717, 1.165) is 6.07 Å². The summed E-state index contributed by atoms with van der Waals surface area (Å²) in [5.41, 5.74) is -1.19. The van der Waals surface area contributed by atoms with Gasteiger partial charge in [0.2, 0.25) is 0 Å². The summed E-state index contributed by atoms with van der Waals surface area (Å²) in [7, 11) is -4.69. The van der Waals surface area contributed by atoms with E-state index in [9.17, 15) is 18.0 Å². The third-order valence-electron chi connectivity index (χ3n) is 2.52. The van der Waals surface area contributed by atoms with E-state index < -0.39 is 38.1 Å². The number of hydrogen-bond acceptors (Lipinski definition) is 4. The fourth-order valence-corrected chi connectivity index (χ4v) is 2.45. The molecule has 0 aliphatic heterocycles. The van der Waals surface area contributed by atoms with Crippen LogP contribution in [-0.2, 0) is 10.1 Å². The first-order chi connectivity index (χ1) is 8.07. The van der Waals surface area contributed by atoms with E-state index in [-0.39, 0.29) is 62.5 Å². The molecule has 0 saturated carbocycles. The average molecular weight is 314 g/mol. The Bertz CT molecular complexity index is 648. The fourth-order valence-electron chi connectivity index (χ4n) is 1.70. The third kappa shape index (κ3) is 3.84. The van der Waals surface area contributed by atoms with Crippen LogP contribution in [0.15, 0.2) is 11.0 Å². The number of hydrogen-bond donors (Lipinski definition) is 3. The van der Waals surface area contributed by atoms with E-state index in [0.29, 0.717) is 0 Å². The quantitative estimate of drug-likeness (QED) is 0.540. The van der Waals surface area contributed by atoms with E-state index in [1.54, 1.807) is 0 Å². The van der Waals surface area contributed by atoms with Crippen LogP contribution in [0.3, 0.4) is 0 Å². The molecule has 9 heteroatoms. The van der Waals surface area contributed by atoms with Gasteiger partial charge in [0.1, 0.15) is 0 Å². The Kier molecular flexibility index (Phi) is 6.34. The number of carboxylic acid groups (broad SMARTS) is 2. The first-order valence-electron chi connectivity index (χ1n) is 4.65. The average Bonchev–Trinajstić information content (AvgIpc) is 2.13. The summed E-state index contributed by atoms with van der Waals surface area (Å²) in [6, 6.07) is 0.745. The Hall–Kier alpha value is -0.294. The van der Waals surface area contributed by atoms with Gasteiger partial charge in [0.05, 0.1) is 16.0 Å². The number of benzene rings is 1. The summed E-state index contributed by atoms with van der Waals surface area (Å²) in [6.45, 7) is 2.44. The van der Waals surface area contributed by atoms with Crippen molar-refractivity contribution in [1.82, 2.24) is 0 Å². The molecule has 0 saturated heterocycles. The number of rotatable bonds is 3. The van der Waals surface area contributed by atoms with Crippen LogP contribution in [0.5, 0.6) is 0 Å². The maximum atomic E-state index is 11.1. The molecule has 1 aromatic rings. The second-order valence-electron chi connectivity index (χ2n) is 3.63. The molecule has 3 N–H and O–H groups in total. The van der Waals surface area contributed by atoms with Crippen molar-refractivity contribution >= 4 is 73.4 Å². The molecular weight excluding hydrogens is 303 g/mol. The summed E-state index contributed by atoms with van der Waals surface area (Å²) in [5.74, 6) is -2.93. The minimum absolute atomic E-state index is 0. The van der Waals surface area contributed by atoms with Gasteiger partial charge in [-0.15, -0.1) is 0 Å². The Balaban J connectivity index is 0.00000324. The van der Waals surface area contributed by atoms with Crippen LogP contribution < -0.4 is 0 Å². The van der Waals surface area contributed by atoms with Gasteiger partial charge in [-0.2, -0.15) is 8.42 Å². The van der Waals surface area contributed by atoms with E-state index in [1.807, 2.05) is 0 Å². The Labute approximate surface area is 151 Å². The molecule has 100 valence electrons. The first-order valence-corrected chi connectivity index (χ1v) is 6.09. The Morgan fingerprint density at radius 2 is 1.53 bits per heavy atom. The van der Waals surface area contributed by atoms with Crippen molar-refractivity contribution in [3.8, 4) is 0 Å². The van der Waals surface area contributed by atoms with E-state index >= 15 is 0 Å². The fraction of sp³-hybridized carbons (Fsp3) is 0.200. The van der Waals surface area contributed by atoms with Crippen LogP contribution in [0.2, 0.25) is 0 Å². The van der Waals surface area contributed by atoms with Crippen molar-refractivity contribution in [2.75, 3.05) is 0 Å². The number of carboxylic acids is 2. The predicted molar refractivity (Wildman–Crippen MR) is 66.8 cm³/mol. The SMILES string of the molecule is Cc1c(C(=O)O)cc(S(=O)(=O)O)c(C)c1C(=O)O.[KH]. The van der Waals surface area contributed by atoms with Crippen molar-refractivity contribution in [3.63, 3.8) is 0 Å². The van der Waals surface area contributed by atoms with Crippen LogP contribution in [0.25, 0.3) is 0 Å². The zero-order chi connectivity index (χ0) is 14.2. The van der Waals surface area contributed by atoms with Gasteiger partial charge in [-0.25, -0.2) is 9.59 Å². The molecule has 0 aliphatic rings. The van der Waals surface area contributed by atoms with Gasteiger partial charge in [-0.1, -0.05) is 0 Å². The molecule has 1 rings (SSSR count). The van der Waals surface area contributed by atoms with Crippen molar-refractivity contribution in [3.05, 3.63) is 28.3 Å². The summed E-state index contributed by atoms with van der Waals surface area (Å²) in [4.78, 5) is 21.2. The summed E-state index contributed by atoms with van der Waals surface area (Å²) in [6.07, 6.45) is 0. The Morgan fingerprint density at radius 3 is 1.84 bits per heavy atom. The molecule has 0 aromatic heterocycles. The molecule has 0 fully saturated rings. The summed E-state index contributed by atoms with van der Waals surface area (Å²) in [5, 5.41) is 17.9. The van der Waals surface area contributed by atoms with Gasteiger partial charge >= 0.3 is 63.3 Å². The van der Waals surface area contributed by atoms with Crippen molar-refractivity contribution < 1.29 is 32.8 Å².